The van der Waals surface area contributed by atoms with Crippen LogP contribution in [0.5, 0.6) is 0 Å². The molecule has 1 aromatic rings. The van der Waals surface area contributed by atoms with Gasteiger partial charge in [-0.1, -0.05) is 11.6 Å². The van der Waals surface area contributed by atoms with Crippen molar-refractivity contribution in [3.8, 4) is 0 Å². The van der Waals surface area contributed by atoms with E-state index in [0.717, 1.165) is 4.31 Å². The van der Waals surface area contributed by atoms with Crippen molar-refractivity contribution in [2.45, 2.75) is 24.8 Å². The van der Waals surface area contributed by atoms with E-state index in [1.165, 1.54) is 32.3 Å². The largest absolute Gasteiger partial charge is 0.353 e. The maximum Gasteiger partial charge on any atom is 0.242 e. The second-order valence-electron chi connectivity index (χ2n) is 6.37. The van der Waals surface area contributed by atoms with Crippen LogP contribution < -0.4 is 10.6 Å². The number of benzene rings is 1. The fourth-order valence-corrected chi connectivity index (χ4v) is 3.17. The summed E-state index contributed by atoms with van der Waals surface area (Å²) in [5.41, 5.74) is 0.194. The highest BCUT2D eigenvalue weighted by Gasteiger charge is 2.19. The molecule has 0 unspecified atom stereocenters. The second-order valence-corrected chi connectivity index (χ2v) is 8.93. The van der Waals surface area contributed by atoms with E-state index in [9.17, 15) is 18.0 Å². The lowest BCUT2D eigenvalue weighted by Crippen LogP contribution is -2.41. The monoisotopic (exact) mass is 404 g/mol. The average Bonchev–Trinajstić information content (AvgIpc) is 2.47. The van der Waals surface area contributed by atoms with E-state index in [1.54, 1.807) is 11.9 Å². The quantitative estimate of drug-likeness (QED) is 0.673. The van der Waals surface area contributed by atoms with Crippen LogP contribution in [0.3, 0.4) is 0 Å². The van der Waals surface area contributed by atoms with Gasteiger partial charge in [0.15, 0.2) is 0 Å². The summed E-state index contributed by atoms with van der Waals surface area (Å²) in [5.74, 6) is -0.599. The van der Waals surface area contributed by atoms with Crippen molar-refractivity contribution in [3.05, 3.63) is 23.2 Å². The molecule has 26 heavy (non-hydrogen) atoms. The van der Waals surface area contributed by atoms with Crippen molar-refractivity contribution in [1.82, 2.24) is 14.5 Å². The zero-order valence-corrected chi connectivity index (χ0v) is 17.1. The molecule has 146 valence electrons. The Morgan fingerprint density at radius 3 is 2.23 bits per heavy atom. The summed E-state index contributed by atoms with van der Waals surface area (Å²) in [7, 11) is 0.823. The second kappa shape index (κ2) is 9.31. The molecule has 10 heteroatoms. The molecular weight excluding hydrogens is 380 g/mol. The first-order valence-electron chi connectivity index (χ1n) is 7.93. The van der Waals surface area contributed by atoms with Crippen molar-refractivity contribution in [3.63, 3.8) is 0 Å². The molecule has 0 aromatic heterocycles. The van der Waals surface area contributed by atoms with Crippen molar-refractivity contribution in [1.29, 1.82) is 0 Å². The van der Waals surface area contributed by atoms with Gasteiger partial charge in [0.1, 0.15) is 0 Å². The number of sulfonamides is 1. The zero-order valence-electron chi connectivity index (χ0n) is 15.5. The predicted octanol–water partition coefficient (Wildman–Crippen LogP) is 0.985. The molecular formula is C16H25ClN4O4S. The Bertz CT molecular complexity index is 766. The third-order valence-electron chi connectivity index (χ3n) is 3.27. The predicted molar refractivity (Wildman–Crippen MR) is 102 cm³/mol. The van der Waals surface area contributed by atoms with Gasteiger partial charge in [0.05, 0.1) is 28.7 Å². The van der Waals surface area contributed by atoms with Crippen LogP contribution in [0.2, 0.25) is 5.02 Å². The molecule has 0 aliphatic rings. The molecule has 0 aliphatic carbocycles. The number of anilines is 1. The molecule has 1 rings (SSSR count). The maximum absolute atomic E-state index is 12.2. The summed E-state index contributed by atoms with van der Waals surface area (Å²) in [4.78, 5) is 25.4. The molecule has 0 saturated carbocycles. The number of halogens is 1. The highest BCUT2D eigenvalue weighted by molar-refractivity contribution is 7.89. The SMILES string of the molecule is CC(C)NC(=O)CN(C)CC(=O)Nc1cc(S(=O)(=O)N(C)C)ccc1Cl. The molecule has 0 radical (unpaired) electrons. The van der Waals surface area contributed by atoms with E-state index in [-0.39, 0.29) is 40.6 Å². The molecule has 8 nitrogen and oxygen atoms in total. The highest BCUT2D eigenvalue weighted by Crippen LogP contribution is 2.26. The van der Waals surface area contributed by atoms with Gasteiger partial charge in [0.2, 0.25) is 21.8 Å². The van der Waals surface area contributed by atoms with E-state index in [0.29, 0.717) is 0 Å². The maximum atomic E-state index is 12.2. The fraction of sp³-hybridized carbons (Fsp3) is 0.500. The number of nitrogens with zero attached hydrogens (tertiary/aromatic N) is 2. The molecule has 0 aliphatic heterocycles. The van der Waals surface area contributed by atoms with Gasteiger partial charge in [-0.25, -0.2) is 12.7 Å². The molecule has 0 heterocycles. The Labute approximate surface area is 159 Å². The normalized spacial score (nSPS) is 11.9. The summed E-state index contributed by atoms with van der Waals surface area (Å²) in [6.45, 7) is 3.71. The van der Waals surface area contributed by atoms with Gasteiger partial charge in [-0.3, -0.25) is 14.5 Å². The molecule has 0 fully saturated rings. The smallest absolute Gasteiger partial charge is 0.242 e. The number of carbonyl (C=O) groups excluding carboxylic acids is 2. The summed E-state index contributed by atoms with van der Waals surface area (Å²) >= 11 is 6.05. The standard InChI is InChI=1S/C16H25ClN4O4S/c1-11(2)18-15(22)9-21(5)10-16(23)19-14-8-12(6-7-13(14)17)26(24,25)20(3)4/h6-8,11H,9-10H2,1-5H3,(H,18,22)(H,19,23). The lowest BCUT2D eigenvalue weighted by atomic mass is 10.3. The van der Waals surface area contributed by atoms with Gasteiger partial charge >= 0.3 is 0 Å². The van der Waals surface area contributed by atoms with Crippen LogP contribution in [0.25, 0.3) is 0 Å². The van der Waals surface area contributed by atoms with Crippen LogP contribution in [0, 0.1) is 0 Å². The Morgan fingerprint density at radius 1 is 1.12 bits per heavy atom. The number of hydrogen-bond acceptors (Lipinski definition) is 5. The third-order valence-corrected chi connectivity index (χ3v) is 5.41. The van der Waals surface area contributed by atoms with E-state index < -0.39 is 15.9 Å². The summed E-state index contributed by atoms with van der Waals surface area (Å²) in [6.07, 6.45) is 0. The summed E-state index contributed by atoms with van der Waals surface area (Å²) in [6, 6.07) is 4.11. The highest BCUT2D eigenvalue weighted by atomic mass is 35.5. The van der Waals surface area contributed by atoms with Crippen LogP contribution in [0.15, 0.2) is 23.1 Å². The number of amides is 2. The van der Waals surface area contributed by atoms with Crippen LogP contribution in [-0.2, 0) is 19.6 Å². The van der Waals surface area contributed by atoms with Gasteiger partial charge in [-0.15, -0.1) is 0 Å². The number of likely N-dealkylation sites (N-methyl/N-ethyl adjacent to an activating group) is 1. The molecule has 2 amide bonds. The Balaban J connectivity index is 2.79. The first-order valence-corrected chi connectivity index (χ1v) is 9.75. The van der Waals surface area contributed by atoms with Crippen LogP contribution in [0.1, 0.15) is 13.8 Å². The van der Waals surface area contributed by atoms with Gasteiger partial charge in [-0.2, -0.15) is 0 Å². The van der Waals surface area contributed by atoms with Gasteiger partial charge in [0, 0.05) is 20.1 Å². The van der Waals surface area contributed by atoms with Crippen LogP contribution in [-0.4, -0.2) is 69.7 Å². The minimum atomic E-state index is -3.64. The van der Waals surface area contributed by atoms with Gasteiger partial charge in [0.25, 0.3) is 0 Å². The molecule has 0 spiro atoms. The van der Waals surface area contributed by atoms with E-state index in [4.69, 9.17) is 11.6 Å². The number of rotatable bonds is 8. The zero-order chi connectivity index (χ0) is 20.1. The topological polar surface area (TPSA) is 98.8 Å². The molecule has 2 N–H and O–H groups in total. The van der Waals surface area contributed by atoms with Crippen molar-refractivity contribution in [2.24, 2.45) is 0 Å². The van der Waals surface area contributed by atoms with Gasteiger partial charge in [-0.05, 0) is 39.1 Å². The number of hydrogen-bond donors (Lipinski definition) is 2. The third kappa shape index (κ3) is 6.56. The molecule has 0 bridgehead atoms. The lowest BCUT2D eigenvalue weighted by molar-refractivity contribution is -0.123. The Hall–Kier alpha value is -1.68. The van der Waals surface area contributed by atoms with E-state index in [2.05, 4.69) is 10.6 Å². The fourth-order valence-electron chi connectivity index (χ4n) is 2.08. The number of carbonyl (C=O) groups is 2. The summed E-state index contributed by atoms with van der Waals surface area (Å²) in [5, 5.41) is 5.53. The van der Waals surface area contributed by atoms with Crippen LogP contribution >= 0.6 is 11.6 Å². The number of nitrogens with one attached hydrogen (secondary N) is 2. The van der Waals surface area contributed by atoms with Crippen molar-refractivity contribution >= 4 is 39.1 Å². The lowest BCUT2D eigenvalue weighted by Gasteiger charge is -2.18. The molecule has 0 atom stereocenters. The van der Waals surface area contributed by atoms with Crippen molar-refractivity contribution < 1.29 is 18.0 Å². The van der Waals surface area contributed by atoms with Crippen molar-refractivity contribution in [2.75, 3.05) is 39.5 Å². The average molecular weight is 405 g/mol. The van der Waals surface area contributed by atoms with E-state index in [1.807, 2.05) is 13.8 Å². The minimum absolute atomic E-state index is 0.0184. The first kappa shape index (κ1) is 22.4. The van der Waals surface area contributed by atoms with Crippen LogP contribution in [0.4, 0.5) is 5.69 Å². The Kier molecular flexibility index (Phi) is 8.01. The van der Waals surface area contributed by atoms with E-state index >= 15 is 0 Å². The molecule has 0 saturated heterocycles. The Morgan fingerprint density at radius 2 is 1.69 bits per heavy atom. The molecule has 1 aromatic carbocycles. The first-order chi connectivity index (χ1) is 11.9. The van der Waals surface area contributed by atoms with Gasteiger partial charge < -0.3 is 10.6 Å². The summed E-state index contributed by atoms with van der Waals surface area (Å²) < 4.78 is 25.4. The minimum Gasteiger partial charge on any atom is -0.353 e.